The number of fused-ring (bicyclic) bond motifs is 1. The van der Waals surface area contributed by atoms with Crippen LogP contribution in [0.3, 0.4) is 0 Å². The van der Waals surface area contributed by atoms with Gasteiger partial charge >= 0.3 is 5.97 Å². The van der Waals surface area contributed by atoms with E-state index in [1.54, 1.807) is 0 Å². The van der Waals surface area contributed by atoms with E-state index >= 15 is 0 Å². The standard InChI is InChI=1S/C17H30O3/c1-11-6-7-14-16(3,4)15(19)8-9-17(14,5)13(11)10-20-12(2)18/h11,13-15,19H,6-10H2,1-5H3/t11-,13+,14-,15-,17+/m0/s1. The highest BCUT2D eigenvalue weighted by Crippen LogP contribution is 2.61. The molecule has 0 unspecified atom stereocenters. The van der Waals surface area contributed by atoms with Gasteiger partial charge in [0, 0.05) is 12.8 Å². The van der Waals surface area contributed by atoms with Crippen molar-refractivity contribution in [2.24, 2.45) is 28.6 Å². The minimum Gasteiger partial charge on any atom is -0.466 e. The van der Waals surface area contributed by atoms with Crippen LogP contribution < -0.4 is 0 Å². The quantitative estimate of drug-likeness (QED) is 0.790. The van der Waals surface area contributed by atoms with Crippen LogP contribution in [-0.2, 0) is 9.53 Å². The highest BCUT2D eigenvalue weighted by molar-refractivity contribution is 5.65. The Kier molecular flexibility index (Phi) is 4.21. The second-order valence-corrected chi connectivity index (χ2v) is 7.90. The van der Waals surface area contributed by atoms with Crippen molar-refractivity contribution >= 4 is 5.97 Å². The number of ether oxygens (including phenoxy) is 1. The maximum absolute atomic E-state index is 11.2. The lowest BCUT2D eigenvalue weighted by Gasteiger charge is -2.60. The van der Waals surface area contributed by atoms with Crippen LogP contribution in [0.1, 0.15) is 60.3 Å². The molecular formula is C17H30O3. The highest BCUT2D eigenvalue weighted by Gasteiger charge is 2.56. The Morgan fingerprint density at radius 3 is 2.50 bits per heavy atom. The first-order valence-corrected chi connectivity index (χ1v) is 8.01. The number of carbonyl (C=O) groups is 1. The summed E-state index contributed by atoms with van der Waals surface area (Å²) < 4.78 is 5.36. The zero-order valence-corrected chi connectivity index (χ0v) is 13.6. The molecule has 0 aliphatic heterocycles. The van der Waals surface area contributed by atoms with E-state index in [9.17, 15) is 9.90 Å². The minimum absolute atomic E-state index is 0.0401. The molecule has 0 aromatic carbocycles. The molecule has 5 atom stereocenters. The highest BCUT2D eigenvalue weighted by atomic mass is 16.5. The third kappa shape index (κ3) is 2.49. The maximum atomic E-state index is 11.2. The van der Waals surface area contributed by atoms with Gasteiger partial charge < -0.3 is 9.84 Å². The molecule has 0 heterocycles. The smallest absolute Gasteiger partial charge is 0.302 e. The third-order valence-electron chi connectivity index (χ3n) is 6.42. The Hall–Kier alpha value is -0.570. The molecule has 0 saturated heterocycles. The second kappa shape index (κ2) is 5.32. The number of aliphatic hydroxyl groups is 1. The normalized spacial score (nSPS) is 43.7. The van der Waals surface area contributed by atoms with E-state index < -0.39 is 0 Å². The van der Waals surface area contributed by atoms with Crippen molar-refractivity contribution in [2.45, 2.75) is 66.4 Å². The molecule has 0 aromatic heterocycles. The second-order valence-electron chi connectivity index (χ2n) is 7.90. The summed E-state index contributed by atoms with van der Waals surface area (Å²) in [5.41, 5.74) is 0.136. The molecule has 3 heteroatoms. The molecule has 0 amide bonds. The Labute approximate surface area is 123 Å². The number of esters is 1. The number of hydrogen-bond donors (Lipinski definition) is 1. The Morgan fingerprint density at radius 2 is 1.90 bits per heavy atom. The lowest BCUT2D eigenvalue weighted by Crippen LogP contribution is -2.56. The van der Waals surface area contributed by atoms with Crippen molar-refractivity contribution in [3.63, 3.8) is 0 Å². The van der Waals surface area contributed by atoms with Crippen LogP contribution in [0.2, 0.25) is 0 Å². The van der Waals surface area contributed by atoms with Gasteiger partial charge in [0.05, 0.1) is 12.7 Å². The van der Waals surface area contributed by atoms with Gasteiger partial charge in [-0.15, -0.1) is 0 Å². The average molecular weight is 282 g/mol. The van der Waals surface area contributed by atoms with Crippen LogP contribution in [0.15, 0.2) is 0 Å². The third-order valence-corrected chi connectivity index (χ3v) is 6.42. The molecule has 2 rings (SSSR count). The summed E-state index contributed by atoms with van der Waals surface area (Å²) in [4.78, 5) is 11.2. The van der Waals surface area contributed by atoms with E-state index in [4.69, 9.17) is 4.74 Å². The summed E-state index contributed by atoms with van der Waals surface area (Å²) in [6.07, 6.45) is 4.05. The van der Waals surface area contributed by atoms with Gasteiger partial charge in [-0.1, -0.05) is 27.7 Å². The molecule has 0 bridgehead atoms. The summed E-state index contributed by atoms with van der Waals surface area (Å²) in [5.74, 6) is 1.33. The number of aliphatic hydroxyl groups excluding tert-OH is 1. The van der Waals surface area contributed by atoms with Crippen molar-refractivity contribution in [3.05, 3.63) is 0 Å². The van der Waals surface area contributed by atoms with Gasteiger partial charge in [-0.3, -0.25) is 4.79 Å². The minimum atomic E-state index is -0.205. The first-order valence-electron chi connectivity index (χ1n) is 8.01. The molecule has 0 radical (unpaired) electrons. The predicted molar refractivity (Wildman–Crippen MR) is 79.1 cm³/mol. The van der Waals surface area contributed by atoms with Gasteiger partial charge in [0.2, 0.25) is 0 Å². The number of hydrogen-bond acceptors (Lipinski definition) is 3. The zero-order chi connectivity index (χ0) is 15.1. The van der Waals surface area contributed by atoms with Crippen LogP contribution in [0.4, 0.5) is 0 Å². The Balaban J connectivity index is 2.25. The lowest BCUT2D eigenvalue weighted by molar-refractivity contribution is -0.168. The fourth-order valence-electron chi connectivity index (χ4n) is 5.06. The fourth-order valence-corrected chi connectivity index (χ4v) is 5.06. The summed E-state index contributed by atoms with van der Waals surface area (Å²) in [7, 11) is 0. The van der Waals surface area contributed by atoms with Crippen LogP contribution in [0, 0.1) is 28.6 Å². The fraction of sp³-hybridized carbons (Fsp3) is 0.941. The maximum Gasteiger partial charge on any atom is 0.302 e. The van der Waals surface area contributed by atoms with Gasteiger partial charge in [-0.25, -0.2) is 0 Å². The molecule has 2 fully saturated rings. The zero-order valence-electron chi connectivity index (χ0n) is 13.6. The van der Waals surface area contributed by atoms with Crippen molar-refractivity contribution in [3.8, 4) is 0 Å². The first kappa shape index (κ1) is 15.8. The van der Waals surface area contributed by atoms with Crippen molar-refractivity contribution < 1.29 is 14.6 Å². The first-order chi connectivity index (χ1) is 9.19. The van der Waals surface area contributed by atoms with E-state index in [1.807, 2.05) is 0 Å². The van der Waals surface area contributed by atoms with Gasteiger partial charge in [-0.2, -0.15) is 0 Å². The van der Waals surface area contributed by atoms with Gasteiger partial charge in [0.1, 0.15) is 0 Å². The van der Waals surface area contributed by atoms with Crippen LogP contribution in [0.25, 0.3) is 0 Å². The van der Waals surface area contributed by atoms with Crippen molar-refractivity contribution in [2.75, 3.05) is 6.61 Å². The van der Waals surface area contributed by atoms with E-state index in [-0.39, 0.29) is 22.9 Å². The average Bonchev–Trinajstić information content (AvgIpc) is 2.33. The monoisotopic (exact) mass is 282 g/mol. The summed E-state index contributed by atoms with van der Waals surface area (Å²) in [5, 5.41) is 10.4. The Morgan fingerprint density at radius 1 is 1.25 bits per heavy atom. The largest absolute Gasteiger partial charge is 0.466 e. The molecule has 3 nitrogen and oxygen atoms in total. The molecular weight excluding hydrogens is 252 g/mol. The van der Waals surface area contributed by atoms with Gasteiger partial charge in [-0.05, 0) is 48.3 Å². The van der Waals surface area contributed by atoms with Gasteiger partial charge in [0.25, 0.3) is 0 Å². The topological polar surface area (TPSA) is 46.5 Å². The molecule has 1 N–H and O–H groups in total. The summed E-state index contributed by atoms with van der Waals surface area (Å²) in [6.45, 7) is 11.1. The van der Waals surface area contributed by atoms with E-state index in [0.29, 0.717) is 24.4 Å². The molecule has 0 spiro atoms. The van der Waals surface area contributed by atoms with Crippen LogP contribution in [-0.4, -0.2) is 23.8 Å². The van der Waals surface area contributed by atoms with Crippen molar-refractivity contribution in [1.29, 1.82) is 0 Å². The van der Waals surface area contributed by atoms with Crippen LogP contribution in [0.5, 0.6) is 0 Å². The molecule has 2 aliphatic rings. The van der Waals surface area contributed by atoms with E-state index in [0.717, 1.165) is 12.8 Å². The van der Waals surface area contributed by atoms with Gasteiger partial charge in [0.15, 0.2) is 0 Å². The van der Waals surface area contributed by atoms with Crippen molar-refractivity contribution in [1.82, 2.24) is 0 Å². The SMILES string of the molecule is CC(=O)OC[C@@H]1[C@@H](C)CC[C@H]2C(C)(C)[C@@H](O)CC[C@]12C. The number of rotatable bonds is 2. The van der Waals surface area contributed by atoms with E-state index in [1.165, 1.54) is 19.8 Å². The summed E-state index contributed by atoms with van der Waals surface area (Å²) in [6, 6.07) is 0. The van der Waals surface area contributed by atoms with E-state index in [2.05, 4.69) is 27.7 Å². The summed E-state index contributed by atoms with van der Waals surface area (Å²) >= 11 is 0. The molecule has 20 heavy (non-hydrogen) atoms. The number of carbonyl (C=O) groups excluding carboxylic acids is 1. The molecule has 116 valence electrons. The molecule has 0 aromatic rings. The Bertz CT molecular complexity index is 376. The molecule has 2 saturated carbocycles. The lowest BCUT2D eigenvalue weighted by atomic mass is 9.46. The van der Waals surface area contributed by atoms with Crippen LogP contribution >= 0.6 is 0 Å². The molecule has 2 aliphatic carbocycles. The predicted octanol–water partition coefficient (Wildman–Crippen LogP) is 3.40.